The van der Waals surface area contributed by atoms with Crippen molar-refractivity contribution in [2.45, 2.75) is 26.4 Å². The molecule has 0 saturated carbocycles. The summed E-state index contributed by atoms with van der Waals surface area (Å²) in [5.41, 5.74) is 2.57. The minimum atomic E-state index is -0.991. The molecule has 0 aliphatic heterocycles. The van der Waals surface area contributed by atoms with Crippen molar-refractivity contribution < 1.29 is 14.7 Å². The van der Waals surface area contributed by atoms with E-state index in [0.717, 1.165) is 11.1 Å². The van der Waals surface area contributed by atoms with E-state index in [2.05, 4.69) is 15.6 Å². The average Bonchev–Trinajstić information content (AvgIpc) is 2.86. The summed E-state index contributed by atoms with van der Waals surface area (Å²) in [6, 6.07) is 7.70. The van der Waals surface area contributed by atoms with Crippen LogP contribution in [0.3, 0.4) is 0 Å². The second-order valence-electron chi connectivity index (χ2n) is 4.68. The van der Waals surface area contributed by atoms with E-state index in [0.29, 0.717) is 12.1 Å². The molecule has 1 heterocycles. The van der Waals surface area contributed by atoms with Crippen molar-refractivity contribution in [3.63, 3.8) is 0 Å². The summed E-state index contributed by atoms with van der Waals surface area (Å²) in [7, 11) is 0. The molecule has 7 heteroatoms. The molecule has 0 unspecified atom stereocenters. The number of carbonyl (C=O) groups is 2. The molecule has 2 N–H and O–H groups in total. The first-order valence-corrected chi connectivity index (χ1v) is 6.46. The van der Waals surface area contributed by atoms with Gasteiger partial charge in [-0.1, -0.05) is 29.5 Å². The highest BCUT2D eigenvalue weighted by Crippen LogP contribution is 2.07. The average molecular weight is 288 g/mol. The Morgan fingerprint density at radius 3 is 2.81 bits per heavy atom. The van der Waals surface area contributed by atoms with Crippen LogP contribution in [0.4, 0.5) is 0 Å². The van der Waals surface area contributed by atoms with Gasteiger partial charge in [-0.05, 0) is 18.1 Å². The molecule has 2 rings (SSSR count). The van der Waals surface area contributed by atoms with Crippen LogP contribution in [0.1, 0.15) is 16.8 Å². The largest absolute Gasteiger partial charge is 0.480 e. The highest BCUT2D eigenvalue weighted by atomic mass is 16.4. The molecular formula is C14H16N4O3. The normalized spacial score (nSPS) is 10.3. The highest BCUT2D eigenvalue weighted by molar-refractivity contribution is 5.78. The first-order valence-electron chi connectivity index (χ1n) is 6.46. The second-order valence-corrected chi connectivity index (χ2v) is 4.68. The predicted molar refractivity (Wildman–Crippen MR) is 74.4 cm³/mol. The lowest BCUT2D eigenvalue weighted by atomic mass is 10.1. The number of carboxylic acid groups (broad SMARTS) is 1. The van der Waals surface area contributed by atoms with Gasteiger partial charge in [0.15, 0.2) is 0 Å². The molecule has 0 radical (unpaired) electrons. The third-order valence-corrected chi connectivity index (χ3v) is 2.96. The van der Waals surface area contributed by atoms with Crippen LogP contribution in [0.15, 0.2) is 30.5 Å². The number of carboxylic acids is 1. The van der Waals surface area contributed by atoms with Crippen molar-refractivity contribution in [2.75, 3.05) is 0 Å². The predicted octanol–water partition coefficient (Wildman–Crippen LogP) is 0.530. The number of carbonyl (C=O) groups excluding carboxylic acids is 1. The van der Waals surface area contributed by atoms with Crippen molar-refractivity contribution in [3.05, 3.63) is 47.3 Å². The number of amides is 1. The Labute approximate surface area is 121 Å². The molecule has 0 aliphatic carbocycles. The number of aryl methyl sites for hydroxylation is 1. The van der Waals surface area contributed by atoms with E-state index in [-0.39, 0.29) is 19.0 Å². The van der Waals surface area contributed by atoms with E-state index in [1.165, 1.54) is 10.9 Å². The molecule has 0 spiro atoms. The third kappa shape index (κ3) is 4.41. The first kappa shape index (κ1) is 14.7. The van der Waals surface area contributed by atoms with Crippen molar-refractivity contribution in [1.29, 1.82) is 0 Å². The minimum Gasteiger partial charge on any atom is -0.480 e. The standard InChI is InChI=1S/C14H16N4O3/c1-10-4-2-3-5-11(10)6-13(19)15-7-12-8-18(17-16-12)9-14(20)21/h2-5,8H,6-7,9H2,1H3,(H,15,19)(H,20,21). The first-order chi connectivity index (χ1) is 10.0. The summed E-state index contributed by atoms with van der Waals surface area (Å²) < 4.78 is 1.21. The van der Waals surface area contributed by atoms with Gasteiger partial charge in [0, 0.05) is 0 Å². The van der Waals surface area contributed by atoms with Crippen LogP contribution in [0.25, 0.3) is 0 Å². The van der Waals surface area contributed by atoms with Crippen molar-refractivity contribution >= 4 is 11.9 Å². The molecule has 0 atom stereocenters. The number of benzene rings is 1. The van der Waals surface area contributed by atoms with Crippen LogP contribution in [-0.2, 0) is 29.1 Å². The van der Waals surface area contributed by atoms with E-state index in [9.17, 15) is 9.59 Å². The van der Waals surface area contributed by atoms with Gasteiger partial charge in [-0.15, -0.1) is 5.10 Å². The number of nitrogens with zero attached hydrogens (tertiary/aromatic N) is 3. The minimum absolute atomic E-state index is 0.114. The zero-order chi connectivity index (χ0) is 15.2. The van der Waals surface area contributed by atoms with Gasteiger partial charge in [0.05, 0.1) is 19.2 Å². The smallest absolute Gasteiger partial charge is 0.325 e. The number of aromatic nitrogens is 3. The van der Waals surface area contributed by atoms with E-state index in [1.807, 2.05) is 31.2 Å². The van der Waals surface area contributed by atoms with Crippen molar-refractivity contribution in [3.8, 4) is 0 Å². The van der Waals surface area contributed by atoms with E-state index < -0.39 is 5.97 Å². The van der Waals surface area contributed by atoms with Gasteiger partial charge in [0.2, 0.25) is 5.91 Å². The Morgan fingerprint density at radius 1 is 1.33 bits per heavy atom. The van der Waals surface area contributed by atoms with Crippen LogP contribution in [0.2, 0.25) is 0 Å². The maximum absolute atomic E-state index is 11.9. The highest BCUT2D eigenvalue weighted by Gasteiger charge is 2.08. The lowest BCUT2D eigenvalue weighted by molar-refractivity contribution is -0.138. The van der Waals surface area contributed by atoms with Gasteiger partial charge in [-0.25, -0.2) is 4.68 Å². The fourth-order valence-electron chi connectivity index (χ4n) is 1.87. The van der Waals surface area contributed by atoms with Gasteiger partial charge < -0.3 is 10.4 Å². The molecular weight excluding hydrogens is 272 g/mol. The van der Waals surface area contributed by atoms with Gasteiger partial charge in [0.1, 0.15) is 12.2 Å². The third-order valence-electron chi connectivity index (χ3n) is 2.96. The Balaban J connectivity index is 1.85. The summed E-state index contributed by atoms with van der Waals surface area (Å²) in [4.78, 5) is 22.4. The van der Waals surface area contributed by atoms with Crippen LogP contribution in [-0.4, -0.2) is 32.0 Å². The van der Waals surface area contributed by atoms with E-state index in [4.69, 9.17) is 5.11 Å². The zero-order valence-corrected chi connectivity index (χ0v) is 11.6. The lowest BCUT2D eigenvalue weighted by Gasteiger charge is -2.05. The second kappa shape index (κ2) is 6.65. The van der Waals surface area contributed by atoms with Gasteiger partial charge in [0.25, 0.3) is 0 Å². The summed E-state index contributed by atoms with van der Waals surface area (Å²) in [6.07, 6.45) is 1.80. The fourth-order valence-corrected chi connectivity index (χ4v) is 1.87. The molecule has 0 fully saturated rings. The number of nitrogens with one attached hydrogen (secondary N) is 1. The van der Waals surface area contributed by atoms with Crippen molar-refractivity contribution in [1.82, 2.24) is 20.3 Å². The SMILES string of the molecule is Cc1ccccc1CC(=O)NCc1cn(CC(=O)O)nn1. The van der Waals surface area contributed by atoms with E-state index >= 15 is 0 Å². The Hall–Kier alpha value is -2.70. The van der Waals surface area contributed by atoms with Crippen LogP contribution in [0.5, 0.6) is 0 Å². The lowest BCUT2D eigenvalue weighted by Crippen LogP contribution is -2.25. The molecule has 0 bridgehead atoms. The summed E-state index contributed by atoms with van der Waals surface area (Å²) in [5, 5.41) is 18.8. The maximum Gasteiger partial charge on any atom is 0.325 e. The van der Waals surface area contributed by atoms with Crippen molar-refractivity contribution in [2.24, 2.45) is 0 Å². The monoisotopic (exact) mass is 288 g/mol. The summed E-state index contributed by atoms with van der Waals surface area (Å²) >= 11 is 0. The molecule has 2 aromatic rings. The fraction of sp³-hybridized carbons (Fsp3) is 0.286. The van der Waals surface area contributed by atoms with Gasteiger partial charge >= 0.3 is 5.97 Å². The molecule has 110 valence electrons. The Kier molecular flexibility index (Phi) is 4.65. The van der Waals surface area contributed by atoms with E-state index in [1.54, 1.807) is 0 Å². The van der Waals surface area contributed by atoms with Crippen LogP contribution in [0, 0.1) is 6.92 Å². The van der Waals surface area contributed by atoms with Gasteiger partial charge in [-0.2, -0.15) is 0 Å². The number of aliphatic carboxylic acids is 1. The number of hydrogen-bond acceptors (Lipinski definition) is 4. The van der Waals surface area contributed by atoms with Crippen LogP contribution < -0.4 is 5.32 Å². The maximum atomic E-state index is 11.9. The molecule has 0 saturated heterocycles. The summed E-state index contributed by atoms with van der Waals surface area (Å²) in [6.45, 7) is 1.94. The Morgan fingerprint density at radius 2 is 2.10 bits per heavy atom. The molecule has 1 aromatic carbocycles. The topological polar surface area (TPSA) is 97.1 Å². The quantitative estimate of drug-likeness (QED) is 0.808. The van der Waals surface area contributed by atoms with Gasteiger partial charge in [-0.3, -0.25) is 9.59 Å². The molecule has 7 nitrogen and oxygen atoms in total. The summed E-state index contributed by atoms with van der Waals surface area (Å²) in [5.74, 6) is -1.10. The zero-order valence-electron chi connectivity index (χ0n) is 11.6. The Bertz CT molecular complexity index is 651. The molecule has 21 heavy (non-hydrogen) atoms. The molecule has 1 aromatic heterocycles. The molecule has 0 aliphatic rings. The number of hydrogen-bond donors (Lipinski definition) is 2. The number of rotatable bonds is 6. The molecule has 1 amide bonds. The van der Waals surface area contributed by atoms with Crippen LogP contribution >= 0.6 is 0 Å².